The number of carbonyl (C=O) groups excluding carboxylic acids is 2. The van der Waals surface area contributed by atoms with E-state index in [2.05, 4.69) is 4.40 Å². The lowest BCUT2D eigenvalue weighted by atomic mass is 9.84. The van der Waals surface area contributed by atoms with Gasteiger partial charge >= 0.3 is 5.97 Å². The highest BCUT2D eigenvalue weighted by Crippen LogP contribution is 2.37. The van der Waals surface area contributed by atoms with Gasteiger partial charge in [-0.3, -0.25) is 14.6 Å². The molecule has 0 N–H and O–H groups in total. The van der Waals surface area contributed by atoms with Gasteiger partial charge in [0.1, 0.15) is 22.5 Å². The number of esters is 1. The quantitative estimate of drug-likeness (QED) is 0.117. The first kappa shape index (κ1) is 34.6. The fraction of sp³-hybridized carbons (Fsp3) is 0.400. The zero-order chi connectivity index (χ0) is 33.4. The molecule has 1 aliphatic heterocycles. The van der Waals surface area contributed by atoms with E-state index in [1.807, 2.05) is 105 Å². The number of ether oxygens (including phenoxy) is 4. The standard InChI is InChI=1S/C35H43N3O7S/c1-35(2,3)46(41)36-32(44-6)29(21-24-11-9-8-10-12-24)31-30(34(40)45-7)33(39)38(23-26-15-19-28(43-5)20-16-26)37(31)22-25-13-17-27(42-4)18-14-25/h8-20,29-31H,21-23H2,1-7H3/b36-32-/t29?,30-,31-,46?/m1/s1. The summed E-state index contributed by atoms with van der Waals surface area (Å²) in [5.41, 5.74) is 2.66. The zero-order valence-corrected chi connectivity index (χ0v) is 28.3. The summed E-state index contributed by atoms with van der Waals surface area (Å²) in [4.78, 5) is 28.0. The van der Waals surface area contributed by atoms with Crippen molar-refractivity contribution in [3.63, 3.8) is 0 Å². The molecule has 4 atom stereocenters. The van der Waals surface area contributed by atoms with E-state index in [1.54, 1.807) is 19.2 Å². The Labute approximate surface area is 273 Å². The molecular weight excluding hydrogens is 606 g/mol. The van der Waals surface area contributed by atoms with Gasteiger partial charge in [0.05, 0.1) is 51.7 Å². The summed E-state index contributed by atoms with van der Waals surface area (Å²) in [6, 6.07) is 23.9. The van der Waals surface area contributed by atoms with Crippen molar-refractivity contribution in [1.29, 1.82) is 0 Å². The Balaban J connectivity index is 1.90. The first-order valence-electron chi connectivity index (χ1n) is 15.0. The third kappa shape index (κ3) is 8.13. The second-order valence-electron chi connectivity index (χ2n) is 12.0. The van der Waals surface area contributed by atoms with E-state index >= 15 is 0 Å². The van der Waals surface area contributed by atoms with Crippen molar-refractivity contribution in [1.82, 2.24) is 10.0 Å². The number of benzene rings is 3. The Morgan fingerprint density at radius 1 is 0.804 bits per heavy atom. The van der Waals surface area contributed by atoms with Gasteiger partial charge < -0.3 is 18.9 Å². The van der Waals surface area contributed by atoms with Crippen molar-refractivity contribution in [2.45, 2.75) is 51.1 Å². The lowest BCUT2D eigenvalue weighted by Gasteiger charge is -2.36. The van der Waals surface area contributed by atoms with Crippen LogP contribution in [0.25, 0.3) is 0 Å². The molecule has 1 heterocycles. The van der Waals surface area contributed by atoms with Crippen molar-refractivity contribution in [2.24, 2.45) is 16.2 Å². The second kappa shape index (κ2) is 15.4. The number of nitrogens with zero attached hydrogens (tertiary/aromatic N) is 3. The molecule has 0 saturated carbocycles. The maximum Gasteiger partial charge on any atom is 0.320 e. The van der Waals surface area contributed by atoms with Crippen molar-refractivity contribution in [2.75, 3.05) is 28.4 Å². The minimum absolute atomic E-state index is 0.189. The summed E-state index contributed by atoms with van der Waals surface area (Å²) in [6.45, 7) is 5.95. The van der Waals surface area contributed by atoms with E-state index in [4.69, 9.17) is 18.9 Å². The molecule has 0 spiro atoms. The maximum atomic E-state index is 14.4. The molecule has 3 aromatic rings. The second-order valence-corrected chi connectivity index (χ2v) is 13.9. The van der Waals surface area contributed by atoms with Crippen LogP contribution < -0.4 is 9.47 Å². The lowest BCUT2D eigenvalue weighted by Crippen LogP contribution is -2.49. The third-order valence-electron chi connectivity index (χ3n) is 7.90. The number of methoxy groups -OCH3 is 4. The van der Waals surface area contributed by atoms with Crippen LogP contribution in [0.15, 0.2) is 83.3 Å². The predicted molar refractivity (Wildman–Crippen MR) is 177 cm³/mol. The average molecular weight is 650 g/mol. The number of hydrazine groups is 1. The summed E-state index contributed by atoms with van der Waals surface area (Å²) in [5.74, 6) is -1.38. The minimum Gasteiger partial charge on any atom is -0.497 e. The van der Waals surface area contributed by atoms with Gasteiger partial charge in [0.2, 0.25) is 5.90 Å². The first-order chi connectivity index (χ1) is 22.0. The molecule has 4 rings (SSSR count). The highest BCUT2D eigenvalue weighted by molar-refractivity contribution is 7.85. The number of hydrogen-bond donors (Lipinski definition) is 0. The van der Waals surface area contributed by atoms with Crippen LogP contribution >= 0.6 is 0 Å². The highest BCUT2D eigenvalue weighted by atomic mass is 32.2. The SMILES string of the molecule is COC(=O)[C@H]1C(=O)N(Cc2ccc(OC)cc2)N(Cc2ccc(OC)cc2)[C@@H]1C(Cc1ccccc1)/C(=N/S(=O)C(C)(C)C)OC. The molecule has 1 aliphatic rings. The predicted octanol–water partition coefficient (Wildman–Crippen LogP) is 4.99. The summed E-state index contributed by atoms with van der Waals surface area (Å²) in [5, 5.41) is 3.50. The Kier molecular flexibility index (Phi) is 11.6. The maximum absolute atomic E-state index is 14.4. The smallest absolute Gasteiger partial charge is 0.320 e. The number of rotatable bonds is 12. The third-order valence-corrected chi connectivity index (χ3v) is 9.29. The summed E-state index contributed by atoms with van der Waals surface area (Å²) in [7, 11) is 4.27. The molecular formula is C35H43N3O7S. The molecule has 3 aromatic carbocycles. The number of amides is 1. The van der Waals surface area contributed by atoms with Crippen molar-refractivity contribution >= 4 is 28.8 Å². The Morgan fingerprint density at radius 2 is 1.35 bits per heavy atom. The van der Waals surface area contributed by atoms with Crippen LogP contribution in [0.3, 0.4) is 0 Å². The van der Waals surface area contributed by atoms with Gasteiger partial charge in [0.25, 0.3) is 5.91 Å². The summed E-state index contributed by atoms with van der Waals surface area (Å²) < 4.78 is 39.1. The highest BCUT2D eigenvalue weighted by Gasteiger charge is 2.55. The van der Waals surface area contributed by atoms with Crippen molar-refractivity contribution < 1.29 is 32.7 Å². The molecule has 0 radical (unpaired) electrons. The molecule has 246 valence electrons. The Morgan fingerprint density at radius 3 is 1.83 bits per heavy atom. The minimum atomic E-state index is -1.67. The van der Waals surface area contributed by atoms with Gasteiger partial charge in [0.15, 0.2) is 5.92 Å². The van der Waals surface area contributed by atoms with Crippen LogP contribution in [0, 0.1) is 11.8 Å². The molecule has 2 unspecified atom stereocenters. The Hall–Kier alpha value is -4.22. The lowest BCUT2D eigenvalue weighted by molar-refractivity contribution is -0.151. The topological polar surface area (TPSA) is 107 Å². The van der Waals surface area contributed by atoms with E-state index in [0.29, 0.717) is 17.9 Å². The molecule has 10 nitrogen and oxygen atoms in total. The van der Waals surface area contributed by atoms with Gasteiger partial charge in [0, 0.05) is 6.54 Å². The number of carbonyl (C=O) groups is 2. The van der Waals surface area contributed by atoms with Gasteiger partial charge in [-0.1, -0.05) is 54.6 Å². The molecule has 0 aliphatic carbocycles. The molecule has 1 saturated heterocycles. The fourth-order valence-electron chi connectivity index (χ4n) is 5.45. The van der Waals surface area contributed by atoms with Gasteiger partial charge in [-0.25, -0.2) is 9.22 Å². The Bertz CT molecular complexity index is 1520. The van der Waals surface area contributed by atoms with E-state index in [0.717, 1.165) is 16.7 Å². The van der Waals surface area contributed by atoms with Crippen LogP contribution in [0.4, 0.5) is 0 Å². The van der Waals surface area contributed by atoms with Crippen LogP contribution in [-0.2, 0) is 49.6 Å². The molecule has 11 heteroatoms. The summed E-state index contributed by atoms with van der Waals surface area (Å²) >= 11 is 0. The van der Waals surface area contributed by atoms with E-state index in [-0.39, 0.29) is 19.0 Å². The van der Waals surface area contributed by atoms with Crippen molar-refractivity contribution in [3.05, 3.63) is 95.6 Å². The largest absolute Gasteiger partial charge is 0.497 e. The molecule has 0 bridgehead atoms. The van der Waals surface area contributed by atoms with Crippen LogP contribution in [0.5, 0.6) is 11.5 Å². The molecule has 0 aromatic heterocycles. The monoisotopic (exact) mass is 649 g/mol. The normalized spacial score (nSPS) is 18.6. The van der Waals surface area contributed by atoms with Crippen LogP contribution in [0.2, 0.25) is 0 Å². The zero-order valence-electron chi connectivity index (χ0n) is 27.5. The first-order valence-corrected chi connectivity index (χ1v) is 16.1. The van der Waals surface area contributed by atoms with E-state index < -0.39 is 45.5 Å². The van der Waals surface area contributed by atoms with Gasteiger partial charge in [-0.15, -0.1) is 0 Å². The average Bonchev–Trinajstić information content (AvgIpc) is 3.32. The van der Waals surface area contributed by atoms with Crippen molar-refractivity contribution in [3.8, 4) is 11.5 Å². The van der Waals surface area contributed by atoms with Crippen LogP contribution in [0.1, 0.15) is 37.5 Å². The molecule has 1 amide bonds. The molecule has 1 fully saturated rings. The fourth-order valence-corrected chi connectivity index (χ4v) is 6.10. The molecule has 46 heavy (non-hydrogen) atoms. The summed E-state index contributed by atoms with van der Waals surface area (Å²) in [6.07, 6.45) is 0.357. The van der Waals surface area contributed by atoms with Gasteiger partial charge in [-0.05, 0) is 68.1 Å². The van der Waals surface area contributed by atoms with E-state index in [9.17, 15) is 13.8 Å². The van der Waals surface area contributed by atoms with Gasteiger partial charge in [-0.2, -0.15) is 4.40 Å². The van der Waals surface area contributed by atoms with E-state index in [1.165, 1.54) is 14.2 Å². The van der Waals surface area contributed by atoms with Crippen LogP contribution in [-0.4, -0.2) is 71.2 Å². The number of hydrogen-bond acceptors (Lipinski definition) is 8.